The smallest absolute Gasteiger partial charge is 0.131 e. The van der Waals surface area contributed by atoms with Crippen molar-refractivity contribution in [2.24, 2.45) is 0 Å². The van der Waals surface area contributed by atoms with Gasteiger partial charge in [0, 0.05) is 5.56 Å². The standard InChI is InChI=1S/C13H9ClF2/c14-13(9-5-2-1-3-6-9)12-10(15)7-4-8-11(12)16/h1-8,13H. The van der Waals surface area contributed by atoms with E-state index in [0.29, 0.717) is 5.56 Å². The zero-order valence-corrected chi connectivity index (χ0v) is 9.09. The van der Waals surface area contributed by atoms with Crippen LogP contribution in [0.1, 0.15) is 16.5 Å². The molecule has 0 aliphatic carbocycles. The Morgan fingerprint density at radius 3 is 1.94 bits per heavy atom. The van der Waals surface area contributed by atoms with E-state index in [0.717, 1.165) is 0 Å². The summed E-state index contributed by atoms with van der Waals surface area (Å²) < 4.78 is 26.9. The molecule has 3 heteroatoms. The summed E-state index contributed by atoms with van der Waals surface area (Å²) in [5, 5.41) is -0.803. The topological polar surface area (TPSA) is 0 Å². The molecular weight excluding hydrogens is 230 g/mol. The van der Waals surface area contributed by atoms with Crippen molar-refractivity contribution in [3.8, 4) is 0 Å². The van der Waals surface area contributed by atoms with E-state index < -0.39 is 17.0 Å². The van der Waals surface area contributed by atoms with E-state index in [9.17, 15) is 8.78 Å². The van der Waals surface area contributed by atoms with Gasteiger partial charge in [-0.05, 0) is 17.7 Å². The van der Waals surface area contributed by atoms with E-state index in [-0.39, 0.29) is 5.56 Å². The Morgan fingerprint density at radius 2 is 1.38 bits per heavy atom. The maximum absolute atomic E-state index is 13.5. The third-order valence-electron chi connectivity index (χ3n) is 2.35. The average molecular weight is 239 g/mol. The predicted molar refractivity (Wildman–Crippen MR) is 60.5 cm³/mol. The molecule has 2 aromatic rings. The van der Waals surface area contributed by atoms with Crippen LogP contribution in [-0.4, -0.2) is 0 Å². The molecule has 0 saturated carbocycles. The van der Waals surface area contributed by atoms with Crippen molar-refractivity contribution in [1.29, 1.82) is 0 Å². The summed E-state index contributed by atoms with van der Waals surface area (Å²) in [6.07, 6.45) is 0. The SMILES string of the molecule is Fc1cccc(F)c1C(Cl)c1ccccc1. The molecule has 82 valence electrons. The Kier molecular flexibility index (Phi) is 3.20. The average Bonchev–Trinajstić information content (AvgIpc) is 2.30. The minimum atomic E-state index is -0.803. The van der Waals surface area contributed by atoms with Gasteiger partial charge in [0.1, 0.15) is 11.6 Å². The van der Waals surface area contributed by atoms with Crippen LogP contribution in [-0.2, 0) is 0 Å². The Morgan fingerprint density at radius 1 is 0.812 bits per heavy atom. The van der Waals surface area contributed by atoms with Gasteiger partial charge in [-0.2, -0.15) is 0 Å². The van der Waals surface area contributed by atoms with Gasteiger partial charge in [-0.1, -0.05) is 36.4 Å². The zero-order valence-electron chi connectivity index (χ0n) is 8.33. The van der Waals surface area contributed by atoms with Crippen LogP contribution < -0.4 is 0 Å². The second kappa shape index (κ2) is 4.62. The minimum absolute atomic E-state index is 0.102. The number of hydrogen-bond donors (Lipinski definition) is 0. The number of alkyl halides is 1. The van der Waals surface area contributed by atoms with Crippen LogP contribution in [0.4, 0.5) is 8.78 Å². The molecule has 2 aromatic carbocycles. The normalized spacial score (nSPS) is 12.4. The second-order valence-corrected chi connectivity index (χ2v) is 3.85. The largest absolute Gasteiger partial charge is 0.207 e. The lowest BCUT2D eigenvalue weighted by Gasteiger charge is -2.11. The number of halogens is 3. The Hall–Kier alpha value is -1.41. The highest BCUT2D eigenvalue weighted by Crippen LogP contribution is 2.32. The fourth-order valence-corrected chi connectivity index (χ4v) is 1.90. The summed E-state index contributed by atoms with van der Waals surface area (Å²) in [5.74, 6) is -1.24. The first-order chi connectivity index (χ1) is 7.70. The lowest BCUT2D eigenvalue weighted by molar-refractivity contribution is 0.559. The molecule has 0 radical (unpaired) electrons. The van der Waals surface area contributed by atoms with E-state index in [1.54, 1.807) is 24.3 Å². The maximum atomic E-state index is 13.5. The molecule has 16 heavy (non-hydrogen) atoms. The van der Waals surface area contributed by atoms with Crippen molar-refractivity contribution in [3.05, 3.63) is 71.3 Å². The van der Waals surface area contributed by atoms with Gasteiger partial charge in [0.25, 0.3) is 0 Å². The van der Waals surface area contributed by atoms with Gasteiger partial charge in [-0.3, -0.25) is 0 Å². The molecule has 0 nitrogen and oxygen atoms in total. The molecule has 2 rings (SSSR count). The third kappa shape index (κ3) is 2.07. The number of hydrogen-bond acceptors (Lipinski definition) is 0. The molecule has 0 spiro atoms. The summed E-state index contributed by atoms with van der Waals surface area (Å²) >= 11 is 6.06. The molecule has 1 atom stereocenters. The van der Waals surface area contributed by atoms with Crippen LogP contribution >= 0.6 is 11.6 Å². The second-order valence-electron chi connectivity index (χ2n) is 3.41. The molecule has 0 aliphatic heterocycles. The van der Waals surface area contributed by atoms with Gasteiger partial charge < -0.3 is 0 Å². The summed E-state index contributed by atoms with van der Waals surface area (Å²) in [7, 11) is 0. The molecule has 0 heterocycles. The van der Waals surface area contributed by atoms with E-state index in [4.69, 9.17) is 11.6 Å². The van der Waals surface area contributed by atoms with Crippen molar-refractivity contribution in [1.82, 2.24) is 0 Å². The van der Waals surface area contributed by atoms with Gasteiger partial charge in [0.15, 0.2) is 0 Å². The summed E-state index contributed by atoms with van der Waals surface area (Å²) in [5.41, 5.74) is 0.573. The van der Waals surface area contributed by atoms with Crippen LogP contribution in [0, 0.1) is 11.6 Å². The Labute approximate surface area is 97.5 Å². The molecule has 0 N–H and O–H groups in total. The minimum Gasteiger partial charge on any atom is -0.207 e. The summed E-state index contributed by atoms with van der Waals surface area (Å²) in [6, 6.07) is 12.6. The monoisotopic (exact) mass is 238 g/mol. The molecule has 1 unspecified atom stereocenters. The quantitative estimate of drug-likeness (QED) is 0.685. The fourth-order valence-electron chi connectivity index (χ4n) is 1.54. The van der Waals surface area contributed by atoms with Crippen LogP contribution in [0.15, 0.2) is 48.5 Å². The van der Waals surface area contributed by atoms with Gasteiger partial charge >= 0.3 is 0 Å². The predicted octanol–water partition coefficient (Wildman–Crippen LogP) is 4.29. The molecule has 0 aliphatic rings. The first-order valence-electron chi connectivity index (χ1n) is 4.83. The lowest BCUT2D eigenvalue weighted by Crippen LogP contribution is -2.00. The molecule has 0 saturated heterocycles. The zero-order chi connectivity index (χ0) is 11.5. The van der Waals surface area contributed by atoms with Crippen molar-refractivity contribution >= 4 is 11.6 Å². The van der Waals surface area contributed by atoms with Crippen LogP contribution in [0.3, 0.4) is 0 Å². The van der Waals surface area contributed by atoms with Crippen LogP contribution in [0.2, 0.25) is 0 Å². The van der Waals surface area contributed by atoms with Crippen molar-refractivity contribution in [3.63, 3.8) is 0 Å². The van der Waals surface area contributed by atoms with E-state index in [2.05, 4.69) is 0 Å². The summed E-state index contributed by atoms with van der Waals surface area (Å²) in [6.45, 7) is 0. The van der Waals surface area contributed by atoms with Gasteiger partial charge in [-0.15, -0.1) is 11.6 Å². The van der Waals surface area contributed by atoms with E-state index in [1.165, 1.54) is 18.2 Å². The maximum Gasteiger partial charge on any atom is 0.131 e. The molecule has 0 amide bonds. The Bertz CT molecular complexity index is 462. The lowest BCUT2D eigenvalue weighted by atomic mass is 10.0. The molecular formula is C13H9ClF2. The van der Waals surface area contributed by atoms with Crippen LogP contribution in [0.5, 0.6) is 0 Å². The highest BCUT2D eigenvalue weighted by atomic mass is 35.5. The van der Waals surface area contributed by atoms with Crippen LogP contribution in [0.25, 0.3) is 0 Å². The highest BCUT2D eigenvalue weighted by molar-refractivity contribution is 6.22. The van der Waals surface area contributed by atoms with Gasteiger partial charge in [0.2, 0.25) is 0 Å². The third-order valence-corrected chi connectivity index (χ3v) is 2.82. The van der Waals surface area contributed by atoms with Gasteiger partial charge in [0.05, 0.1) is 5.38 Å². The Balaban J connectivity index is 2.46. The van der Waals surface area contributed by atoms with Gasteiger partial charge in [-0.25, -0.2) is 8.78 Å². The van der Waals surface area contributed by atoms with Crippen molar-refractivity contribution < 1.29 is 8.78 Å². The molecule has 0 fully saturated rings. The number of rotatable bonds is 2. The first kappa shape index (κ1) is 11.1. The van der Waals surface area contributed by atoms with Crippen molar-refractivity contribution in [2.45, 2.75) is 5.38 Å². The first-order valence-corrected chi connectivity index (χ1v) is 5.26. The molecule has 0 aromatic heterocycles. The van der Waals surface area contributed by atoms with E-state index >= 15 is 0 Å². The molecule has 0 bridgehead atoms. The van der Waals surface area contributed by atoms with E-state index in [1.807, 2.05) is 6.07 Å². The number of benzene rings is 2. The summed E-state index contributed by atoms with van der Waals surface area (Å²) in [4.78, 5) is 0. The van der Waals surface area contributed by atoms with Crippen molar-refractivity contribution in [2.75, 3.05) is 0 Å². The fraction of sp³-hybridized carbons (Fsp3) is 0.0769. The highest BCUT2D eigenvalue weighted by Gasteiger charge is 2.18.